The Morgan fingerprint density at radius 1 is 1.33 bits per heavy atom. The number of anilines is 1. The Morgan fingerprint density at radius 2 is 2.11 bits per heavy atom. The molecule has 0 radical (unpaired) electrons. The maximum absolute atomic E-state index is 12.1. The predicted octanol–water partition coefficient (Wildman–Crippen LogP) is 3.16. The molecule has 4 heteroatoms. The Kier molecular flexibility index (Phi) is 3.77. The van der Waals surface area contributed by atoms with Gasteiger partial charge in [0.15, 0.2) is 5.78 Å². The topological polar surface area (TPSA) is 56.0 Å². The van der Waals surface area contributed by atoms with E-state index in [1.807, 2.05) is 25.1 Å². The average molecular weight is 305 g/mol. The summed E-state index contributed by atoms with van der Waals surface area (Å²) in [6.45, 7) is 1.92. The van der Waals surface area contributed by atoms with Crippen LogP contribution in [0, 0.1) is 6.92 Å². The van der Waals surface area contributed by atoms with Gasteiger partial charge in [-0.2, -0.15) is 0 Å². The van der Waals surface area contributed by atoms with Crippen molar-refractivity contribution >= 4 is 27.4 Å². The Hall–Kier alpha value is -1.68. The zero-order valence-corrected chi connectivity index (χ0v) is 11.6. The number of halogens is 1. The van der Waals surface area contributed by atoms with E-state index in [1.165, 1.54) is 0 Å². The second-order valence-corrected chi connectivity index (χ2v) is 5.05. The van der Waals surface area contributed by atoms with Crippen molar-refractivity contribution in [1.29, 1.82) is 0 Å². The molecule has 0 unspecified atom stereocenters. The fraction of sp³-hybridized carbons (Fsp3) is 0.143. The molecule has 0 amide bonds. The van der Waals surface area contributed by atoms with Crippen LogP contribution in [0.15, 0.2) is 41.0 Å². The molecule has 0 saturated carbocycles. The SMILES string of the molecule is Cc1ccc(C(=O)Cc2ccc(Br)cn2)cc1N. The Labute approximate surface area is 114 Å². The van der Waals surface area contributed by atoms with Gasteiger partial charge in [-0.15, -0.1) is 0 Å². The molecule has 1 aromatic carbocycles. The molecule has 0 fully saturated rings. The van der Waals surface area contributed by atoms with Crippen LogP contribution in [0.1, 0.15) is 21.6 Å². The van der Waals surface area contributed by atoms with E-state index >= 15 is 0 Å². The molecule has 1 aromatic heterocycles. The van der Waals surface area contributed by atoms with E-state index in [0.717, 1.165) is 15.7 Å². The van der Waals surface area contributed by atoms with Gasteiger partial charge in [0.25, 0.3) is 0 Å². The average Bonchev–Trinajstić information content (AvgIpc) is 2.35. The van der Waals surface area contributed by atoms with Gasteiger partial charge in [0.1, 0.15) is 0 Å². The molecule has 0 atom stereocenters. The van der Waals surface area contributed by atoms with Crippen LogP contribution in [-0.2, 0) is 6.42 Å². The smallest absolute Gasteiger partial charge is 0.168 e. The quantitative estimate of drug-likeness (QED) is 0.700. The summed E-state index contributed by atoms with van der Waals surface area (Å²) in [6, 6.07) is 9.08. The van der Waals surface area contributed by atoms with Crippen molar-refractivity contribution in [1.82, 2.24) is 4.98 Å². The van der Waals surface area contributed by atoms with Crippen molar-refractivity contribution in [2.75, 3.05) is 5.73 Å². The number of ketones is 1. The maximum Gasteiger partial charge on any atom is 0.168 e. The number of Topliss-reactive ketones (excluding diaryl/α,β-unsaturated/α-hetero) is 1. The molecule has 18 heavy (non-hydrogen) atoms. The van der Waals surface area contributed by atoms with Crippen LogP contribution in [0.2, 0.25) is 0 Å². The Balaban J connectivity index is 2.16. The first kappa shape index (κ1) is 12.8. The molecule has 2 rings (SSSR count). The number of hydrogen-bond acceptors (Lipinski definition) is 3. The molecule has 92 valence electrons. The van der Waals surface area contributed by atoms with Gasteiger partial charge in [0, 0.05) is 27.6 Å². The fourth-order valence-electron chi connectivity index (χ4n) is 1.59. The molecule has 0 saturated heterocycles. The van der Waals surface area contributed by atoms with E-state index in [4.69, 9.17) is 5.73 Å². The van der Waals surface area contributed by atoms with Crippen LogP contribution in [0.25, 0.3) is 0 Å². The number of aryl methyl sites for hydroxylation is 1. The molecule has 0 spiro atoms. The normalized spacial score (nSPS) is 10.3. The van der Waals surface area contributed by atoms with Gasteiger partial charge in [0.05, 0.1) is 6.42 Å². The van der Waals surface area contributed by atoms with Gasteiger partial charge in [-0.3, -0.25) is 9.78 Å². The van der Waals surface area contributed by atoms with Crippen LogP contribution in [0.4, 0.5) is 5.69 Å². The molecule has 0 aliphatic rings. The molecule has 2 N–H and O–H groups in total. The summed E-state index contributed by atoms with van der Waals surface area (Å²) in [7, 11) is 0. The summed E-state index contributed by atoms with van der Waals surface area (Å²) >= 11 is 3.31. The minimum atomic E-state index is 0.0246. The van der Waals surface area contributed by atoms with Crippen LogP contribution < -0.4 is 5.73 Å². The van der Waals surface area contributed by atoms with Gasteiger partial charge in [-0.05, 0) is 46.6 Å². The third kappa shape index (κ3) is 2.96. The van der Waals surface area contributed by atoms with E-state index < -0.39 is 0 Å². The standard InChI is InChI=1S/C14H13BrN2O/c1-9-2-3-10(6-13(9)16)14(18)7-12-5-4-11(15)8-17-12/h2-6,8H,7,16H2,1H3. The van der Waals surface area contributed by atoms with Crippen molar-refractivity contribution in [3.8, 4) is 0 Å². The lowest BCUT2D eigenvalue weighted by molar-refractivity contribution is 0.0992. The van der Waals surface area contributed by atoms with Crippen molar-refractivity contribution in [2.45, 2.75) is 13.3 Å². The van der Waals surface area contributed by atoms with Gasteiger partial charge in [-0.25, -0.2) is 0 Å². The number of nitrogen functional groups attached to an aromatic ring is 1. The summed E-state index contributed by atoms with van der Waals surface area (Å²) in [4.78, 5) is 16.2. The van der Waals surface area contributed by atoms with E-state index in [0.29, 0.717) is 11.3 Å². The number of carbonyl (C=O) groups excluding carboxylic acids is 1. The van der Waals surface area contributed by atoms with Crippen molar-refractivity contribution in [3.63, 3.8) is 0 Å². The number of benzene rings is 1. The second kappa shape index (κ2) is 5.31. The zero-order valence-electron chi connectivity index (χ0n) is 9.98. The van der Waals surface area contributed by atoms with Crippen molar-refractivity contribution in [3.05, 3.63) is 57.8 Å². The highest BCUT2D eigenvalue weighted by atomic mass is 79.9. The second-order valence-electron chi connectivity index (χ2n) is 4.14. The van der Waals surface area contributed by atoms with Crippen molar-refractivity contribution < 1.29 is 4.79 Å². The number of aromatic nitrogens is 1. The lowest BCUT2D eigenvalue weighted by atomic mass is 10.0. The van der Waals surface area contributed by atoms with Crippen molar-refractivity contribution in [2.24, 2.45) is 0 Å². The molecule has 0 aliphatic carbocycles. The number of carbonyl (C=O) groups is 1. The Bertz CT molecular complexity index is 579. The highest BCUT2D eigenvalue weighted by Crippen LogP contribution is 2.15. The van der Waals surface area contributed by atoms with E-state index in [-0.39, 0.29) is 12.2 Å². The molecule has 0 bridgehead atoms. The number of nitrogens with two attached hydrogens (primary N) is 1. The summed E-state index contributed by atoms with van der Waals surface area (Å²) in [6.07, 6.45) is 1.97. The van der Waals surface area contributed by atoms with E-state index in [2.05, 4.69) is 20.9 Å². The molecule has 0 aliphatic heterocycles. The number of hydrogen-bond donors (Lipinski definition) is 1. The molecule has 3 nitrogen and oxygen atoms in total. The third-order valence-electron chi connectivity index (χ3n) is 2.73. The van der Waals surface area contributed by atoms with Gasteiger partial charge in [0.2, 0.25) is 0 Å². The van der Waals surface area contributed by atoms with Crippen LogP contribution in [0.3, 0.4) is 0 Å². The van der Waals surface area contributed by atoms with E-state index in [1.54, 1.807) is 18.3 Å². The van der Waals surface area contributed by atoms with E-state index in [9.17, 15) is 4.79 Å². The lowest BCUT2D eigenvalue weighted by Crippen LogP contribution is -2.06. The lowest BCUT2D eigenvalue weighted by Gasteiger charge is -2.04. The largest absolute Gasteiger partial charge is 0.398 e. The van der Waals surface area contributed by atoms with Crippen LogP contribution in [0.5, 0.6) is 0 Å². The fourth-order valence-corrected chi connectivity index (χ4v) is 1.83. The summed E-state index contributed by atoms with van der Waals surface area (Å²) in [5, 5.41) is 0. The number of pyridine rings is 1. The van der Waals surface area contributed by atoms with Gasteiger partial charge < -0.3 is 5.73 Å². The third-order valence-corrected chi connectivity index (χ3v) is 3.20. The summed E-state index contributed by atoms with van der Waals surface area (Å²) in [5.41, 5.74) is 8.80. The first-order chi connectivity index (χ1) is 8.56. The minimum Gasteiger partial charge on any atom is -0.398 e. The molecular weight excluding hydrogens is 292 g/mol. The summed E-state index contributed by atoms with van der Waals surface area (Å²) < 4.78 is 0.901. The summed E-state index contributed by atoms with van der Waals surface area (Å²) in [5.74, 6) is 0.0246. The van der Waals surface area contributed by atoms with Gasteiger partial charge >= 0.3 is 0 Å². The number of rotatable bonds is 3. The maximum atomic E-state index is 12.1. The van der Waals surface area contributed by atoms with Crippen LogP contribution >= 0.6 is 15.9 Å². The monoisotopic (exact) mass is 304 g/mol. The molecular formula is C14H13BrN2O. The first-order valence-electron chi connectivity index (χ1n) is 5.56. The highest BCUT2D eigenvalue weighted by Gasteiger charge is 2.09. The predicted molar refractivity (Wildman–Crippen MR) is 75.6 cm³/mol. The number of nitrogens with zero attached hydrogens (tertiary/aromatic N) is 1. The Morgan fingerprint density at radius 3 is 2.72 bits per heavy atom. The van der Waals surface area contributed by atoms with Crippen LogP contribution in [-0.4, -0.2) is 10.8 Å². The minimum absolute atomic E-state index is 0.0246. The first-order valence-corrected chi connectivity index (χ1v) is 6.35. The van der Waals surface area contributed by atoms with Gasteiger partial charge in [-0.1, -0.05) is 12.1 Å². The molecule has 1 heterocycles. The molecule has 2 aromatic rings. The highest BCUT2D eigenvalue weighted by molar-refractivity contribution is 9.10. The zero-order chi connectivity index (χ0) is 13.1.